The average Bonchev–Trinajstić information content (AvgIpc) is 2.39. The predicted molar refractivity (Wildman–Crippen MR) is 68.6 cm³/mol. The van der Waals surface area contributed by atoms with E-state index in [9.17, 15) is 9.59 Å². The number of carbonyl (C=O) groups is 2. The molecule has 1 saturated heterocycles. The van der Waals surface area contributed by atoms with Crippen molar-refractivity contribution in [2.24, 2.45) is 5.92 Å². The lowest BCUT2D eigenvalue weighted by Crippen LogP contribution is -2.25. The van der Waals surface area contributed by atoms with Gasteiger partial charge in [0.2, 0.25) is 5.91 Å². The van der Waals surface area contributed by atoms with E-state index in [0.29, 0.717) is 17.9 Å². The summed E-state index contributed by atoms with van der Waals surface area (Å²) in [5.74, 6) is -0.0100. The molecule has 1 amide bonds. The first-order chi connectivity index (χ1) is 8.66. The zero-order valence-corrected chi connectivity index (χ0v) is 10.4. The first kappa shape index (κ1) is 12.8. The van der Waals surface area contributed by atoms with Gasteiger partial charge in [0, 0.05) is 30.7 Å². The fourth-order valence-electron chi connectivity index (χ4n) is 2.10. The Morgan fingerprint density at radius 2 is 2.00 bits per heavy atom. The summed E-state index contributed by atoms with van der Waals surface area (Å²) in [5.41, 5.74) is 1.39. The van der Waals surface area contributed by atoms with Crippen molar-refractivity contribution in [2.75, 3.05) is 18.5 Å². The van der Waals surface area contributed by atoms with Crippen LogP contribution in [0.5, 0.6) is 0 Å². The Hall–Kier alpha value is -1.68. The Kier molecular flexibility index (Phi) is 4.10. The summed E-state index contributed by atoms with van der Waals surface area (Å²) < 4.78 is 5.32. The van der Waals surface area contributed by atoms with Crippen molar-refractivity contribution in [3.63, 3.8) is 0 Å². The smallest absolute Gasteiger partial charge is 0.221 e. The Morgan fingerprint density at radius 1 is 1.28 bits per heavy atom. The van der Waals surface area contributed by atoms with E-state index < -0.39 is 0 Å². The SMILES string of the molecule is CC(=O)Nc1ccc(C(=O)C2CCCOC2)cc1. The van der Waals surface area contributed by atoms with Crippen molar-refractivity contribution in [3.8, 4) is 0 Å². The molecule has 1 heterocycles. The summed E-state index contributed by atoms with van der Waals surface area (Å²) >= 11 is 0. The Bertz CT molecular complexity index is 433. The van der Waals surface area contributed by atoms with Crippen LogP contribution in [-0.4, -0.2) is 24.9 Å². The van der Waals surface area contributed by atoms with E-state index in [1.165, 1.54) is 6.92 Å². The van der Waals surface area contributed by atoms with Gasteiger partial charge in [0.1, 0.15) is 0 Å². The van der Waals surface area contributed by atoms with Gasteiger partial charge in [-0.2, -0.15) is 0 Å². The molecule has 18 heavy (non-hydrogen) atoms. The number of hydrogen-bond acceptors (Lipinski definition) is 3. The van der Waals surface area contributed by atoms with Crippen molar-refractivity contribution in [2.45, 2.75) is 19.8 Å². The van der Waals surface area contributed by atoms with Crippen LogP contribution < -0.4 is 5.32 Å². The monoisotopic (exact) mass is 247 g/mol. The maximum Gasteiger partial charge on any atom is 0.221 e. The highest BCUT2D eigenvalue weighted by molar-refractivity contribution is 5.98. The van der Waals surface area contributed by atoms with Crippen LogP contribution in [0, 0.1) is 5.92 Å². The Labute approximate surface area is 106 Å². The highest BCUT2D eigenvalue weighted by Crippen LogP contribution is 2.20. The molecule has 1 atom stereocenters. The highest BCUT2D eigenvalue weighted by atomic mass is 16.5. The van der Waals surface area contributed by atoms with Gasteiger partial charge >= 0.3 is 0 Å². The van der Waals surface area contributed by atoms with Crippen molar-refractivity contribution in [1.29, 1.82) is 0 Å². The molecule has 1 aromatic carbocycles. The first-order valence-corrected chi connectivity index (χ1v) is 6.16. The minimum absolute atomic E-state index is 0.0228. The molecule has 96 valence electrons. The van der Waals surface area contributed by atoms with Crippen LogP contribution >= 0.6 is 0 Å². The quantitative estimate of drug-likeness (QED) is 0.833. The van der Waals surface area contributed by atoms with Gasteiger partial charge in [0.05, 0.1) is 6.61 Å². The second-order valence-electron chi connectivity index (χ2n) is 4.54. The average molecular weight is 247 g/mol. The van der Waals surface area contributed by atoms with Crippen LogP contribution in [0.3, 0.4) is 0 Å². The number of benzene rings is 1. The van der Waals surface area contributed by atoms with Crippen LogP contribution in [0.4, 0.5) is 5.69 Å². The van der Waals surface area contributed by atoms with Gasteiger partial charge in [-0.25, -0.2) is 0 Å². The number of rotatable bonds is 3. The van der Waals surface area contributed by atoms with Gasteiger partial charge in [-0.1, -0.05) is 0 Å². The van der Waals surface area contributed by atoms with Gasteiger partial charge < -0.3 is 10.1 Å². The van der Waals surface area contributed by atoms with Gasteiger partial charge in [0.15, 0.2) is 5.78 Å². The lowest BCUT2D eigenvalue weighted by Gasteiger charge is -2.20. The van der Waals surface area contributed by atoms with E-state index >= 15 is 0 Å². The molecule has 1 aliphatic rings. The number of hydrogen-bond donors (Lipinski definition) is 1. The number of anilines is 1. The standard InChI is InChI=1S/C14H17NO3/c1-10(16)15-13-6-4-11(5-7-13)14(17)12-3-2-8-18-9-12/h4-7,12H,2-3,8-9H2,1H3,(H,15,16). The number of nitrogens with one attached hydrogen (secondary N) is 1. The number of carbonyl (C=O) groups excluding carboxylic acids is 2. The zero-order valence-electron chi connectivity index (χ0n) is 10.4. The third kappa shape index (κ3) is 3.17. The van der Waals surface area contributed by atoms with Crippen LogP contribution in [0.1, 0.15) is 30.1 Å². The van der Waals surface area contributed by atoms with Crippen molar-refractivity contribution in [1.82, 2.24) is 0 Å². The molecule has 4 nitrogen and oxygen atoms in total. The maximum absolute atomic E-state index is 12.2. The molecular formula is C14H17NO3. The molecule has 0 saturated carbocycles. The second-order valence-corrected chi connectivity index (χ2v) is 4.54. The molecule has 1 unspecified atom stereocenters. The molecule has 1 fully saturated rings. The zero-order chi connectivity index (χ0) is 13.0. The van der Waals surface area contributed by atoms with Crippen LogP contribution in [0.15, 0.2) is 24.3 Å². The first-order valence-electron chi connectivity index (χ1n) is 6.16. The van der Waals surface area contributed by atoms with Crippen molar-refractivity contribution in [3.05, 3.63) is 29.8 Å². The van der Waals surface area contributed by atoms with Gasteiger partial charge in [-0.15, -0.1) is 0 Å². The molecule has 0 bridgehead atoms. The fraction of sp³-hybridized carbons (Fsp3) is 0.429. The predicted octanol–water partition coefficient (Wildman–Crippen LogP) is 2.25. The third-order valence-electron chi connectivity index (χ3n) is 3.02. The normalized spacial score (nSPS) is 19.3. The molecule has 1 N–H and O–H groups in total. The summed E-state index contributed by atoms with van der Waals surface area (Å²) in [5, 5.41) is 2.68. The number of ether oxygens (including phenoxy) is 1. The summed E-state index contributed by atoms with van der Waals surface area (Å²) in [7, 11) is 0. The van der Waals surface area contributed by atoms with Crippen LogP contribution in [0.25, 0.3) is 0 Å². The molecular weight excluding hydrogens is 230 g/mol. The number of Topliss-reactive ketones (excluding diaryl/α,β-unsaturated/α-hetero) is 1. The molecule has 0 spiro atoms. The van der Waals surface area contributed by atoms with E-state index in [1.54, 1.807) is 24.3 Å². The second kappa shape index (κ2) is 5.78. The summed E-state index contributed by atoms with van der Waals surface area (Å²) in [6.07, 6.45) is 1.84. The van der Waals surface area contributed by atoms with Crippen LogP contribution in [0.2, 0.25) is 0 Å². The molecule has 1 aliphatic heterocycles. The maximum atomic E-state index is 12.2. The summed E-state index contributed by atoms with van der Waals surface area (Å²) in [6, 6.07) is 7.00. The van der Waals surface area contributed by atoms with E-state index in [2.05, 4.69) is 5.32 Å². The van der Waals surface area contributed by atoms with Crippen molar-refractivity contribution < 1.29 is 14.3 Å². The molecule has 0 aliphatic carbocycles. The van der Waals surface area contributed by atoms with Crippen LogP contribution in [-0.2, 0) is 9.53 Å². The number of ketones is 1. The lowest BCUT2D eigenvalue weighted by atomic mass is 9.93. The summed E-state index contributed by atoms with van der Waals surface area (Å²) in [4.78, 5) is 23.1. The summed E-state index contributed by atoms with van der Waals surface area (Å²) in [6.45, 7) is 2.73. The molecule has 0 aromatic heterocycles. The van der Waals surface area contributed by atoms with Crippen molar-refractivity contribution >= 4 is 17.4 Å². The Balaban J connectivity index is 2.04. The van der Waals surface area contributed by atoms with E-state index in [4.69, 9.17) is 4.74 Å². The topological polar surface area (TPSA) is 55.4 Å². The largest absolute Gasteiger partial charge is 0.381 e. The molecule has 4 heteroatoms. The number of amides is 1. The minimum atomic E-state index is -0.116. The van der Waals surface area contributed by atoms with Gasteiger partial charge in [-0.3, -0.25) is 9.59 Å². The third-order valence-corrected chi connectivity index (χ3v) is 3.02. The van der Waals surface area contributed by atoms with E-state index in [-0.39, 0.29) is 17.6 Å². The van der Waals surface area contributed by atoms with E-state index in [1.807, 2.05) is 0 Å². The molecule has 2 rings (SSSR count). The lowest BCUT2D eigenvalue weighted by molar-refractivity contribution is -0.114. The van der Waals surface area contributed by atoms with Gasteiger partial charge in [0.25, 0.3) is 0 Å². The minimum Gasteiger partial charge on any atom is -0.381 e. The Morgan fingerprint density at radius 3 is 2.56 bits per heavy atom. The fourth-order valence-corrected chi connectivity index (χ4v) is 2.10. The van der Waals surface area contributed by atoms with E-state index in [0.717, 1.165) is 19.4 Å². The highest BCUT2D eigenvalue weighted by Gasteiger charge is 2.22. The molecule has 1 aromatic rings. The van der Waals surface area contributed by atoms with Gasteiger partial charge in [-0.05, 0) is 37.1 Å². The molecule has 0 radical (unpaired) electrons.